The molecule has 0 aliphatic heterocycles. The zero-order chi connectivity index (χ0) is 17.8. The molecule has 0 aliphatic rings. The third-order valence-electron chi connectivity index (χ3n) is 3.44. The van der Waals surface area contributed by atoms with E-state index in [9.17, 15) is 4.39 Å². The van der Waals surface area contributed by atoms with E-state index in [0.29, 0.717) is 39.6 Å². The molecule has 5 nitrogen and oxygen atoms in total. The van der Waals surface area contributed by atoms with Gasteiger partial charge in [0.15, 0.2) is 11.6 Å². The summed E-state index contributed by atoms with van der Waals surface area (Å²) in [6, 6.07) is 11.2. The largest absolute Gasteiger partial charge is 0.393 e. The Morgan fingerprint density at radius 1 is 1.00 bits per heavy atom. The van der Waals surface area contributed by atoms with Crippen molar-refractivity contribution in [2.24, 2.45) is 0 Å². The van der Waals surface area contributed by atoms with Gasteiger partial charge in [0.05, 0.1) is 10.7 Å². The number of hydrogen-bond acceptors (Lipinski definition) is 5. The molecule has 0 bridgehead atoms. The van der Waals surface area contributed by atoms with Crippen molar-refractivity contribution < 1.29 is 4.39 Å². The molecule has 128 valence electrons. The Morgan fingerprint density at radius 2 is 1.72 bits per heavy atom. The fourth-order valence-electron chi connectivity index (χ4n) is 2.14. The monoisotopic (exact) mass is 377 g/mol. The summed E-state index contributed by atoms with van der Waals surface area (Å²) in [6.07, 6.45) is 1.38. The molecular formula is C17H14Cl2FN5. The number of benzene rings is 2. The number of hydrogen-bond donors (Lipinski definition) is 3. The van der Waals surface area contributed by atoms with Gasteiger partial charge in [0, 0.05) is 11.6 Å². The van der Waals surface area contributed by atoms with Crippen LogP contribution in [0.25, 0.3) is 0 Å². The second-order valence-electron chi connectivity index (χ2n) is 5.21. The summed E-state index contributed by atoms with van der Waals surface area (Å²) in [5.41, 5.74) is 7.99. The summed E-state index contributed by atoms with van der Waals surface area (Å²) in [4.78, 5) is 8.27. The number of aromatic nitrogens is 2. The molecule has 0 atom stereocenters. The maximum Gasteiger partial charge on any atom is 0.159 e. The van der Waals surface area contributed by atoms with Gasteiger partial charge in [-0.1, -0.05) is 35.3 Å². The normalized spacial score (nSPS) is 10.5. The minimum atomic E-state index is -0.281. The third kappa shape index (κ3) is 4.29. The molecule has 3 aromatic rings. The number of nitrogens with zero attached hydrogens (tertiary/aromatic N) is 2. The van der Waals surface area contributed by atoms with Crippen LogP contribution in [0.15, 0.2) is 48.8 Å². The first-order valence-corrected chi connectivity index (χ1v) is 8.09. The lowest BCUT2D eigenvalue weighted by atomic mass is 10.2. The Kier molecular flexibility index (Phi) is 5.21. The van der Waals surface area contributed by atoms with E-state index in [2.05, 4.69) is 20.6 Å². The smallest absolute Gasteiger partial charge is 0.159 e. The van der Waals surface area contributed by atoms with Gasteiger partial charge in [-0.15, -0.1) is 0 Å². The molecule has 0 saturated heterocycles. The van der Waals surface area contributed by atoms with E-state index in [1.165, 1.54) is 18.5 Å². The highest BCUT2D eigenvalue weighted by molar-refractivity contribution is 6.36. The van der Waals surface area contributed by atoms with Gasteiger partial charge in [0.25, 0.3) is 0 Å². The fourth-order valence-corrected chi connectivity index (χ4v) is 2.60. The molecule has 1 heterocycles. The summed E-state index contributed by atoms with van der Waals surface area (Å²) < 4.78 is 12.9. The molecule has 0 spiro atoms. The molecular weight excluding hydrogens is 364 g/mol. The van der Waals surface area contributed by atoms with Gasteiger partial charge in [-0.25, -0.2) is 14.4 Å². The molecule has 0 amide bonds. The SMILES string of the molecule is Nc1c(NCc2ccc(F)cc2)ncnc1Nc1ccc(Cl)cc1Cl. The van der Waals surface area contributed by atoms with E-state index in [4.69, 9.17) is 28.9 Å². The quantitative estimate of drug-likeness (QED) is 0.591. The van der Waals surface area contributed by atoms with Gasteiger partial charge < -0.3 is 16.4 Å². The van der Waals surface area contributed by atoms with Gasteiger partial charge >= 0.3 is 0 Å². The van der Waals surface area contributed by atoms with E-state index >= 15 is 0 Å². The minimum Gasteiger partial charge on any atom is -0.393 e. The topological polar surface area (TPSA) is 75.9 Å². The van der Waals surface area contributed by atoms with Crippen LogP contribution in [0.2, 0.25) is 10.0 Å². The first kappa shape index (κ1) is 17.3. The van der Waals surface area contributed by atoms with Gasteiger partial charge in [-0.05, 0) is 35.9 Å². The molecule has 8 heteroatoms. The zero-order valence-corrected chi connectivity index (χ0v) is 14.4. The standard InChI is InChI=1S/C17H14Cl2FN5/c18-11-3-6-14(13(19)7-11)25-17-15(21)16(23-9-24-17)22-8-10-1-4-12(20)5-2-10/h1-7,9H,8,21H2,(H2,22,23,24,25). The first-order valence-electron chi connectivity index (χ1n) is 7.34. The third-order valence-corrected chi connectivity index (χ3v) is 3.99. The summed E-state index contributed by atoms with van der Waals surface area (Å²) in [7, 11) is 0. The van der Waals surface area contributed by atoms with Crippen LogP contribution < -0.4 is 16.4 Å². The predicted octanol–water partition coefficient (Wildman–Crippen LogP) is 4.86. The van der Waals surface area contributed by atoms with E-state index in [0.717, 1.165) is 5.56 Å². The maximum atomic E-state index is 12.9. The van der Waals surface area contributed by atoms with E-state index in [1.807, 2.05) is 0 Å². The molecule has 2 aromatic carbocycles. The number of anilines is 4. The summed E-state index contributed by atoms with van der Waals surface area (Å²) in [6.45, 7) is 0.447. The zero-order valence-electron chi connectivity index (χ0n) is 12.9. The molecule has 0 fully saturated rings. The van der Waals surface area contributed by atoms with Crippen LogP contribution in [0.4, 0.5) is 27.4 Å². The van der Waals surface area contributed by atoms with Gasteiger partial charge in [0.2, 0.25) is 0 Å². The molecule has 4 N–H and O–H groups in total. The Labute approximate surface area is 154 Å². The number of nitrogen functional groups attached to an aromatic ring is 1. The summed E-state index contributed by atoms with van der Waals surface area (Å²) >= 11 is 12.0. The van der Waals surface area contributed by atoms with Crippen molar-refractivity contribution in [2.45, 2.75) is 6.54 Å². The van der Waals surface area contributed by atoms with Crippen molar-refractivity contribution in [1.29, 1.82) is 0 Å². The van der Waals surface area contributed by atoms with Crippen molar-refractivity contribution in [3.8, 4) is 0 Å². The van der Waals surface area contributed by atoms with Crippen LogP contribution in [0.1, 0.15) is 5.56 Å². The molecule has 0 aliphatic carbocycles. The molecule has 25 heavy (non-hydrogen) atoms. The number of rotatable bonds is 5. The summed E-state index contributed by atoms with van der Waals surface area (Å²) in [5.74, 6) is 0.601. The Balaban J connectivity index is 1.76. The van der Waals surface area contributed by atoms with Crippen molar-refractivity contribution in [2.75, 3.05) is 16.4 Å². The van der Waals surface area contributed by atoms with Crippen LogP contribution in [0, 0.1) is 5.82 Å². The number of nitrogens with one attached hydrogen (secondary N) is 2. The lowest BCUT2D eigenvalue weighted by molar-refractivity contribution is 0.627. The Hall–Kier alpha value is -2.57. The van der Waals surface area contributed by atoms with Crippen LogP contribution in [0.3, 0.4) is 0 Å². The lowest BCUT2D eigenvalue weighted by Crippen LogP contribution is -2.08. The minimum absolute atomic E-state index is 0.281. The average molecular weight is 378 g/mol. The maximum absolute atomic E-state index is 12.9. The van der Waals surface area contributed by atoms with Crippen molar-refractivity contribution in [1.82, 2.24) is 9.97 Å². The van der Waals surface area contributed by atoms with Gasteiger partial charge in [-0.2, -0.15) is 0 Å². The van der Waals surface area contributed by atoms with Gasteiger partial charge in [-0.3, -0.25) is 0 Å². The highest BCUT2D eigenvalue weighted by atomic mass is 35.5. The fraction of sp³-hybridized carbons (Fsp3) is 0.0588. The Bertz CT molecular complexity index is 887. The van der Waals surface area contributed by atoms with Crippen molar-refractivity contribution in [3.63, 3.8) is 0 Å². The molecule has 1 aromatic heterocycles. The van der Waals surface area contributed by atoms with Crippen molar-refractivity contribution >= 4 is 46.2 Å². The lowest BCUT2D eigenvalue weighted by Gasteiger charge is -2.13. The van der Waals surface area contributed by atoms with Gasteiger partial charge in [0.1, 0.15) is 17.8 Å². The summed E-state index contributed by atoms with van der Waals surface area (Å²) in [5, 5.41) is 7.15. The predicted molar refractivity (Wildman–Crippen MR) is 99.9 cm³/mol. The van der Waals surface area contributed by atoms with Crippen LogP contribution in [-0.4, -0.2) is 9.97 Å². The highest BCUT2D eigenvalue weighted by Crippen LogP contribution is 2.31. The molecule has 0 saturated carbocycles. The highest BCUT2D eigenvalue weighted by Gasteiger charge is 2.10. The van der Waals surface area contributed by atoms with Crippen molar-refractivity contribution in [3.05, 3.63) is 70.2 Å². The first-order chi connectivity index (χ1) is 12.0. The van der Waals surface area contributed by atoms with Crippen LogP contribution in [0.5, 0.6) is 0 Å². The second kappa shape index (κ2) is 7.55. The molecule has 0 unspecified atom stereocenters. The van der Waals surface area contributed by atoms with E-state index in [1.54, 1.807) is 30.3 Å². The second-order valence-corrected chi connectivity index (χ2v) is 6.06. The van der Waals surface area contributed by atoms with Crippen LogP contribution in [-0.2, 0) is 6.54 Å². The Morgan fingerprint density at radius 3 is 2.44 bits per heavy atom. The molecule has 0 radical (unpaired) electrons. The number of nitrogens with two attached hydrogens (primary N) is 1. The molecule has 3 rings (SSSR count). The van der Waals surface area contributed by atoms with E-state index < -0.39 is 0 Å². The van der Waals surface area contributed by atoms with E-state index in [-0.39, 0.29) is 5.82 Å². The van der Waals surface area contributed by atoms with Crippen LogP contribution >= 0.6 is 23.2 Å². The average Bonchev–Trinajstić information content (AvgIpc) is 2.59. The number of halogens is 3.